The van der Waals surface area contributed by atoms with Gasteiger partial charge in [0.15, 0.2) is 5.41 Å². The molecule has 0 saturated heterocycles. The van der Waals surface area contributed by atoms with E-state index in [9.17, 15) is 14.7 Å². The van der Waals surface area contributed by atoms with E-state index in [1.807, 2.05) is 0 Å². The molecule has 0 radical (unpaired) electrons. The standard InChI is InChI=1S/C16H22O5/c1-2-21-15(20)16(14(18)19,11-7-4-8-12-17)13-9-5-3-6-10-13/h3,5-6,9-10,17H,2,4,7-8,11-12H2,1H3,(H,18,19). The lowest BCUT2D eigenvalue weighted by molar-refractivity contribution is -0.162. The largest absolute Gasteiger partial charge is 0.480 e. The minimum atomic E-state index is -1.67. The molecule has 0 spiro atoms. The average Bonchev–Trinajstić information content (AvgIpc) is 2.48. The van der Waals surface area contributed by atoms with Gasteiger partial charge in [0.05, 0.1) is 6.61 Å². The van der Waals surface area contributed by atoms with Crippen molar-refractivity contribution in [1.82, 2.24) is 0 Å². The fraction of sp³-hybridized carbons (Fsp3) is 0.500. The zero-order valence-electron chi connectivity index (χ0n) is 12.2. The van der Waals surface area contributed by atoms with Crippen molar-refractivity contribution in [3.05, 3.63) is 35.9 Å². The van der Waals surface area contributed by atoms with Crippen molar-refractivity contribution in [3.8, 4) is 0 Å². The summed E-state index contributed by atoms with van der Waals surface area (Å²) in [4.78, 5) is 24.2. The SMILES string of the molecule is CCOC(=O)C(CCCCCO)(C(=O)O)c1ccccc1. The number of carboxylic acid groups (broad SMARTS) is 1. The first kappa shape index (κ1) is 17.2. The van der Waals surface area contributed by atoms with E-state index >= 15 is 0 Å². The fourth-order valence-electron chi connectivity index (χ4n) is 2.34. The quantitative estimate of drug-likeness (QED) is 0.414. The smallest absolute Gasteiger partial charge is 0.328 e. The van der Waals surface area contributed by atoms with E-state index in [1.165, 1.54) is 0 Å². The summed E-state index contributed by atoms with van der Waals surface area (Å²) in [6.45, 7) is 1.85. The topological polar surface area (TPSA) is 83.8 Å². The lowest BCUT2D eigenvalue weighted by Crippen LogP contribution is -2.45. The van der Waals surface area contributed by atoms with E-state index in [0.717, 1.165) is 0 Å². The van der Waals surface area contributed by atoms with Crippen LogP contribution in [0.4, 0.5) is 0 Å². The Balaban J connectivity index is 3.11. The Kier molecular flexibility index (Phi) is 6.88. The summed E-state index contributed by atoms with van der Waals surface area (Å²) in [6.07, 6.45) is 1.94. The molecule has 5 nitrogen and oxygen atoms in total. The van der Waals surface area contributed by atoms with Crippen molar-refractivity contribution >= 4 is 11.9 Å². The molecule has 0 amide bonds. The molecule has 1 aromatic rings. The summed E-state index contributed by atoms with van der Waals surface area (Å²) in [5, 5.41) is 18.5. The Hall–Kier alpha value is -1.88. The van der Waals surface area contributed by atoms with Crippen LogP contribution in [0.5, 0.6) is 0 Å². The van der Waals surface area contributed by atoms with E-state index in [0.29, 0.717) is 24.8 Å². The molecule has 0 fully saturated rings. The molecule has 116 valence electrons. The van der Waals surface area contributed by atoms with Gasteiger partial charge in [0.2, 0.25) is 0 Å². The Bertz CT molecular complexity index is 457. The maximum Gasteiger partial charge on any atom is 0.328 e. The number of hydrogen-bond donors (Lipinski definition) is 2. The third-order valence-corrected chi connectivity index (χ3v) is 3.47. The van der Waals surface area contributed by atoms with Crippen LogP contribution in [0.15, 0.2) is 30.3 Å². The maximum absolute atomic E-state index is 12.3. The number of carbonyl (C=O) groups is 2. The predicted octanol–water partition coefficient (Wildman–Crippen LogP) is 2.12. The van der Waals surface area contributed by atoms with Crippen molar-refractivity contribution < 1.29 is 24.5 Å². The van der Waals surface area contributed by atoms with Gasteiger partial charge in [-0.05, 0) is 25.3 Å². The molecule has 0 aromatic heterocycles. The molecule has 1 rings (SSSR count). The summed E-state index contributed by atoms with van der Waals surface area (Å²) < 4.78 is 5.01. The molecule has 0 aliphatic carbocycles. The second-order valence-electron chi connectivity index (χ2n) is 4.83. The highest BCUT2D eigenvalue weighted by Gasteiger charge is 2.48. The summed E-state index contributed by atoms with van der Waals surface area (Å²) in [6, 6.07) is 8.46. The maximum atomic E-state index is 12.3. The third-order valence-electron chi connectivity index (χ3n) is 3.47. The molecule has 21 heavy (non-hydrogen) atoms. The molecular formula is C16H22O5. The molecule has 1 atom stereocenters. The highest BCUT2D eigenvalue weighted by molar-refractivity contribution is 6.05. The molecular weight excluding hydrogens is 272 g/mol. The first-order valence-electron chi connectivity index (χ1n) is 7.16. The van der Waals surface area contributed by atoms with Gasteiger partial charge >= 0.3 is 11.9 Å². The number of carboxylic acids is 1. The van der Waals surface area contributed by atoms with E-state index < -0.39 is 17.4 Å². The Morgan fingerprint density at radius 2 is 1.81 bits per heavy atom. The van der Waals surface area contributed by atoms with Crippen LogP contribution in [-0.4, -0.2) is 35.4 Å². The van der Waals surface area contributed by atoms with Gasteiger partial charge in [-0.3, -0.25) is 9.59 Å². The number of ether oxygens (including phenoxy) is 1. The van der Waals surface area contributed by atoms with Crippen LogP contribution >= 0.6 is 0 Å². The lowest BCUT2D eigenvalue weighted by atomic mass is 9.76. The Labute approximate surface area is 124 Å². The van der Waals surface area contributed by atoms with Gasteiger partial charge in [0.25, 0.3) is 0 Å². The number of unbranched alkanes of at least 4 members (excludes halogenated alkanes) is 2. The number of aliphatic carboxylic acids is 1. The number of hydrogen-bond acceptors (Lipinski definition) is 4. The summed E-state index contributed by atoms with van der Waals surface area (Å²) >= 11 is 0. The fourth-order valence-corrected chi connectivity index (χ4v) is 2.34. The number of carbonyl (C=O) groups excluding carboxylic acids is 1. The lowest BCUT2D eigenvalue weighted by Gasteiger charge is -2.27. The number of aliphatic hydroxyl groups excluding tert-OH is 1. The van der Waals surface area contributed by atoms with Gasteiger partial charge in [-0.25, -0.2) is 0 Å². The van der Waals surface area contributed by atoms with Crippen LogP contribution in [0.3, 0.4) is 0 Å². The number of rotatable bonds is 9. The first-order valence-corrected chi connectivity index (χ1v) is 7.16. The molecule has 0 aliphatic heterocycles. The van der Waals surface area contributed by atoms with Crippen molar-refractivity contribution in [2.45, 2.75) is 38.0 Å². The second-order valence-corrected chi connectivity index (χ2v) is 4.83. The van der Waals surface area contributed by atoms with Crippen molar-refractivity contribution in [2.75, 3.05) is 13.2 Å². The summed E-state index contributed by atoms with van der Waals surface area (Å²) in [5.74, 6) is -1.93. The van der Waals surface area contributed by atoms with Crippen molar-refractivity contribution in [2.24, 2.45) is 0 Å². The molecule has 2 N–H and O–H groups in total. The minimum absolute atomic E-state index is 0.0603. The number of esters is 1. The normalized spacial score (nSPS) is 13.4. The number of aliphatic hydroxyl groups is 1. The van der Waals surface area contributed by atoms with Gasteiger partial charge in [-0.1, -0.05) is 43.2 Å². The molecule has 1 unspecified atom stereocenters. The van der Waals surface area contributed by atoms with Gasteiger partial charge < -0.3 is 14.9 Å². The first-order chi connectivity index (χ1) is 10.1. The van der Waals surface area contributed by atoms with Crippen molar-refractivity contribution in [1.29, 1.82) is 0 Å². The van der Waals surface area contributed by atoms with Gasteiger partial charge in [0.1, 0.15) is 0 Å². The summed E-state index contributed by atoms with van der Waals surface area (Å²) in [7, 11) is 0. The second kappa shape index (κ2) is 8.42. The predicted molar refractivity (Wildman–Crippen MR) is 77.9 cm³/mol. The van der Waals surface area contributed by atoms with E-state index in [-0.39, 0.29) is 19.6 Å². The van der Waals surface area contributed by atoms with Crippen LogP contribution in [0.25, 0.3) is 0 Å². The van der Waals surface area contributed by atoms with Gasteiger partial charge in [-0.2, -0.15) is 0 Å². The van der Waals surface area contributed by atoms with Gasteiger partial charge in [0, 0.05) is 6.61 Å². The monoisotopic (exact) mass is 294 g/mol. The van der Waals surface area contributed by atoms with Crippen LogP contribution in [0, 0.1) is 0 Å². The third kappa shape index (κ3) is 4.04. The zero-order chi connectivity index (χ0) is 15.7. The molecule has 0 saturated carbocycles. The Morgan fingerprint density at radius 3 is 2.33 bits per heavy atom. The van der Waals surface area contributed by atoms with E-state index in [2.05, 4.69) is 0 Å². The van der Waals surface area contributed by atoms with Crippen LogP contribution in [0.1, 0.15) is 38.2 Å². The molecule has 1 aromatic carbocycles. The summed E-state index contributed by atoms with van der Waals surface area (Å²) in [5.41, 5.74) is -1.24. The highest BCUT2D eigenvalue weighted by Crippen LogP contribution is 2.32. The number of benzene rings is 1. The van der Waals surface area contributed by atoms with Crippen LogP contribution < -0.4 is 0 Å². The average molecular weight is 294 g/mol. The molecule has 0 bridgehead atoms. The molecule has 0 aliphatic rings. The Morgan fingerprint density at radius 1 is 1.14 bits per heavy atom. The van der Waals surface area contributed by atoms with E-state index in [1.54, 1.807) is 37.3 Å². The molecule has 0 heterocycles. The molecule has 5 heteroatoms. The zero-order valence-corrected chi connectivity index (χ0v) is 12.2. The van der Waals surface area contributed by atoms with Crippen LogP contribution in [0.2, 0.25) is 0 Å². The highest BCUT2D eigenvalue weighted by atomic mass is 16.5. The minimum Gasteiger partial charge on any atom is -0.480 e. The van der Waals surface area contributed by atoms with E-state index in [4.69, 9.17) is 9.84 Å². The van der Waals surface area contributed by atoms with Gasteiger partial charge in [-0.15, -0.1) is 0 Å². The van der Waals surface area contributed by atoms with Crippen LogP contribution in [-0.2, 0) is 19.7 Å². The van der Waals surface area contributed by atoms with Crippen molar-refractivity contribution in [3.63, 3.8) is 0 Å².